The summed E-state index contributed by atoms with van der Waals surface area (Å²) in [4.78, 5) is 0. The third-order valence-corrected chi connectivity index (χ3v) is 3.43. The van der Waals surface area contributed by atoms with Crippen molar-refractivity contribution in [3.8, 4) is 0 Å². The smallest absolute Gasteiger partial charge is 0.147 e. The highest BCUT2D eigenvalue weighted by Gasteiger charge is 1.99. The summed E-state index contributed by atoms with van der Waals surface area (Å²) in [5, 5.41) is 3.21. The van der Waals surface area contributed by atoms with Crippen LogP contribution in [0.5, 0.6) is 0 Å². The molecule has 0 amide bonds. The Morgan fingerprint density at radius 2 is 2.00 bits per heavy atom. The highest BCUT2D eigenvalue weighted by molar-refractivity contribution is 7.99. The molecule has 0 aliphatic rings. The highest BCUT2D eigenvalue weighted by atomic mass is 32.2. The van der Waals surface area contributed by atoms with E-state index >= 15 is 0 Å². The lowest BCUT2D eigenvalue weighted by molar-refractivity contribution is 0.596. The van der Waals surface area contributed by atoms with E-state index in [4.69, 9.17) is 0 Å². The monoisotopic (exact) mass is 225 g/mol. The molecule has 0 spiro atoms. The van der Waals surface area contributed by atoms with Crippen molar-refractivity contribution in [1.82, 2.24) is 5.32 Å². The van der Waals surface area contributed by atoms with Crippen LogP contribution in [0, 0.1) is 0 Å². The van der Waals surface area contributed by atoms with Gasteiger partial charge in [-0.1, -0.05) is 6.92 Å². The Kier molecular flexibility index (Phi) is 7.80. The first-order chi connectivity index (χ1) is 6.06. The normalized spacial score (nSPS) is 11.8. The summed E-state index contributed by atoms with van der Waals surface area (Å²) in [6.07, 6.45) is 2.00. The summed E-state index contributed by atoms with van der Waals surface area (Å²) in [5.41, 5.74) is 0. The summed E-state index contributed by atoms with van der Waals surface area (Å²) in [7, 11) is -2.77. The van der Waals surface area contributed by atoms with Gasteiger partial charge in [0.05, 0.1) is 5.75 Å². The van der Waals surface area contributed by atoms with Crippen molar-refractivity contribution < 1.29 is 8.42 Å². The van der Waals surface area contributed by atoms with E-state index in [2.05, 4.69) is 12.2 Å². The van der Waals surface area contributed by atoms with Crippen molar-refractivity contribution in [1.29, 1.82) is 0 Å². The van der Waals surface area contributed by atoms with Gasteiger partial charge in [-0.05, 0) is 18.7 Å². The van der Waals surface area contributed by atoms with Gasteiger partial charge in [-0.3, -0.25) is 0 Å². The van der Waals surface area contributed by atoms with Crippen LogP contribution in [-0.4, -0.2) is 45.0 Å². The minimum atomic E-state index is -2.77. The first kappa shape index (κ1) is 13.3. The van der Waals surface area contributed by atoms with Crippen LogP contribution in [0.2, 0.25) is 0 Å². The van der Waals surface area contributed by atoms with Crippen LogP contribution in [0.25, 0.3) is 0 Å². The fourth-order valence-electron chi connectivity index (χ4n) is 0.873. The third kappa shape index (κ3) is 12.3. The molecule has 0 aromatic carbocycles. The molecule has 0 heterocycles. The molecule has 0 rings (SSSR count). The van der Waals surface area contributed by atoms with Crippen LogP contribution in [0.1, 0.15) is 13.3 Å². The van der Waals surface area contributed by atoms with Crippen molar-refractivity contribution >= 4 is 21.6 Å². The van der Waals surface area contributed by atoms with E-state index < -0.39 is 9.84 Å². The number of rotatable bonds is 8. The third-order valence-electron chi connectivity index (χ3n) is 1.50. The van der Waals surface area contributed by atoms with E-state index in [1.54, 1.807) is 0 Å². The average Bonchev–Trinajstić information content (AvgIpc) is 2.01. The zero-order valence-corrected chi connectivity index (χ0v) is 10.0. The number of sulfone groups is 1. The molecule has 5 heteroatoms. The Balaban J connectivity index is 3.09. The van der Waals surface area contributed by atoms with E-state index in [-0.39, 0.29) is 0 Å². The summed E-state index contributed by atoms with van der Waals surface area (Å²) < 4.78 is 21.5. The van der Waals surface area contributed by atoms with Crippen LogP contribution in [-0.2, 0) is 9.84 Å². The summed E-state index contributed by atoms with van der Waals surface area (Å²) in [5.74, 6) is 2.54. The minimum Gasteiger partial charge on any atom is -0.316 e. The molecular formula is C8H19NO2S2. The Morgan fingerprint density at radius 3 is 2.54 bits per heavy atom. The van der Waals surface area contributed by atoms with Crippen molar-refractivity contribution in [2.24, 2.45) is 0 Å². The van der Waals surface area contributed by atoms with E-state index in [0.717, 1.165) is 31.0 Å². The maximum atomic E-state index is 10.7. The van der Waals surface area contributed by atoms with Crippen LogP contribution in [0.4, 0.5) is 0 Å². The lowest BCUT2D eigenvalue weighted by Crippen LogP contribution is -2.20. The second kappa shape index (κ2) is 7.64. The lowest BCUT2D eigenvalue weighted by Gasteiger charge is -2.02. The predicted molar refractivity (Wildman–Crippen MR) is 60.2 cm³/mol. The Bertz CT molecular complexity index is 202. The second-order valence-corrected chi connectivity index (χ2v) is 6.58. The molecule has 0 atom stereocenters. The van der Waals surface area contributed by atoms with Gasteiger partial charge in [0.25, 0.3) is 0 Å². The molecule has 0 saturated heterocycles. The molecule has 0 fully saturated rings. The van der Waals surface area contributed by atoms with Gasteiger partial charge < -0.3 is 5.32 Å². The van der Waals surface area contributed by atoms with Gasteiger partial charge in [0, 0.05) is 18.6 Å². The number of hydrogen-bond acceptors (Lipinski definition) is 4. The standard InChI is InChI=1S/C8H19NO2S2/c1-3-12-7-6-9-5-4-8-13(2,10)11/h9H,3-8H2,1-2H3. The Hall–Kier alpha value is 0.260. The van der Waals surface area contributed by atoms with Crippen LogP contribution < -0.4 is 5.32 Å². The van der Waals surface area contributed by atoms with E-state index in [0.29, 0.717) is 5.75 Å². The molecule has 0 bridgehead atoms. The zero-order valence-electron chi connectivity index (χ0n) is 8.38. The van der Waals surface area contributed by atoms with Gasteiger partial charge >= 0.3 is 0 Å². The van der Waals surface area contributed by atoms with Gasteiger partial charge in [-0.15, -0.1) is 0 Å². The molecule has 80 valence electrons. The predicted octanol–water partition coefficient (Wildman–Crippen LogP) is 0.764. The largest absolute Gasteiger partial charge is 0.316 e. The number of thioether (sulfide) groups is 1. The highest BCUT2D eigenvalue weighted by Crippen LogP contribution is 1.95. The number of hydrogen-bond donors (Lipinski definition) is 1. The topological polar surface area (TPSA) is 46.2 Å². The van der Waals surface area contributed by atoms with Gasteiger partial charge in [-0.2, -0.15) is 11.8 Å². The van der Waals surface area contributed by atoms with Gasteiger partial charge in [0.2, 0.25) is 0 Å². The summed E-state index contributed by atoms with van der Waals surface area (Å²) >= 11 is 1.89. The van der Waals surface area contributed by atoms with E-state index in [9.17, 15) is 8.42 Å². The first-order valence-corrected chi connectivity index (χ1v) is 7.74. The first-order valence-electron chi connectivity index (χ1n) is 4.52. The molecule has 0 unspecified atom stereocenters. The summed E-state index contributed by atoms with van der Waals surface area (Å²) in [6.45, 7) is 3.91. The molecular weight excluding hydrogens is 206 g/mol. The molecule has 0 aromatic heterocycles. The van der Waals surface area contributed by atoms with Crippen LogP contribution in [0.15, 0.2) is 0 Å². The van der Waals surface area contributed by atoms with Gasteiger partial charge in [0.1, 0.15) is 9.84 Å². The summed E-state index contributed by atoms with van der Waals surface area (Å²) in [6, 6.07) is 0. The fraction of sp³-hybridized carbons (Fsp3) is 1.00. The maximum Gasteiger partial charge on any atom is 0.147 e. The SMILES string of the molecule is CCSCCNCCCS(C)(=O)=O. The molecule has 0 radical (unpaired) electrons. The van der Waals surface area contributed by atoms with Crippen LogP contribution in [0.3, 0.4) is 0 Å². The molecule has 0 aliphatic carbocycles. The molecule has 0 saturated carbocycles. The zero-order chi connectivity index (χ0) is 10.2. The van der Waals surface area contributed by atoms with Crippen molar-refractivity contribution in [2.45, 2.75) is 13.3 Å². The Labute approximate surface area is 85.6 Å². The van der Waals surface area contributed by atoms with Gasteiger partial charge in [0.15, 0.2) is 0 Å². The quantitative estimate of drug-likeness (QED) is 0.620. The van der Waals surface area contributed by atoms with E-state index in [1.807, 2.05) is 11.8 Å². The Morgan fingerprint density at radius 1 is 1.31 bits per heavy atom. The van der Waals surface area contributed by atoms with Crippen molar-refractivity contribution in [3.63, 3.8) is 0 Å². The molecule has 13 heavy (non-hydrogen) atoms. The molecule has 0 aromatic rings. The molecule has 3 nitrogen and oxygen atoms in total. The van der Waals surface area contributed by atoms with Gasteiger partial charge in [-0.25, -0.2) is 8.42 Å². The molecule has 1 N–H and O–H groups in total. The average molecular weight is 225 g/mol. The minimum absolute atomic E-state index is 0.293. The van der Waals surface area contributed by atoms with E-state index in [1.165, 1.54) is 6.26 Å². The van der Waals surface area contributed by atoms with Crippen molar-refractivity contribution in [3.05, 3.63) is 0 Å². The second-order valence-electron chi connectivity index (χ2n) is 2.93. The molecule has 0 aliphatic heterocycles. The van der Waals surface area contributed by atoms with Crippen LogP contribution >= 0.6 is 11.8 Å². The maximum absolute atomic E-state index is 10.7. The fourth-order valence-corrected chi connectivity index (χ4v) is 2.12. The number of nitrogens with one attached hydrogen (secondary N) is 1. The van der Waals surface area contributed by atoms with Crippen molar-refractivity contribution in [2.75, 3.05) is 36.6 Å². The lowest BCUT2D eigenvalue weighted by atomic mass is 10.5.